The molecule has 17 heavy (non-hydrogen) atoms. The van der Waals surface area contributed by atoms with Gasteiger partial charge < -0.3 is 10.6 Å². The van der Waals surface area contributed by atoms with Crippen LogP contribution in [-0.4, -0.2) is 18.5 Å². The molecule has 3 nitrogen and oxygen atoms in total. The first-order valence-electron chi connectivity index (χ1n) is 6.01. The molecule has 1 amide bonds. The summed E-state index contributed by atoms with van der Waals surface area (Å²) in [5, 5.41) is 6.30. The lowest BCUT2D eigenvalue weighted by molar-refractivity contribution is -0.123. The Bertz CT molecular complexity index is 372. The number of amides is 1. The summed E-state index contributed by atoms with van der Waals surface area (Å²) in [5.41, 5.74) is 0. The fourth-order valence-electron chi connectivity index (χ4n) is 2.00. The second-order valence-electron chi connectivity index (χ2n) is 4.28. The van der Waals surface area contributed by atoms with E-state index in [1.807, 2.05) is 12.1 Å². The Kier molecular flexibility index (Phi) is 5.00. The Balaban J connectivity index is 1.79. The zero-order valence-electron chi connectivity index (χ0n) is 9.67. The van der Waals surface area contributed by atoms with Crippen molar-refractivity contribution in [1.29, 1.82) is 0 Å². The molecular weight excluding hydrogens is 300 g/mol. The minimum Gasteiger partial charge on any atom is -0.350 e. The summed E-state index contributed by atoms with van der Waals surface area (Å²) in [6.45, 7) is 1.59. The lowest BCUT2D eigenvalue weighted by Gasteiger charge is -2.15. The normalized spacial score (nSPS) is 20.9. The van der Waals surface area contributed by atoms with Gasteiger partial charge in [0.05, 0.1) is 16.4 Å². The Hall–Kier alpha value is -0.390. The lowest BCUT2D eigenvalue weighted by atomic mass is 10.1. The monoisotopic (exact) mass is 316 g/mol. The van der Waals surface area contributed by atoms with Crippen LogP contribution in [0.15, 0.2) is 15.9 Å². The summed E-state index contributed by atoms with van der Waals surface area (Å²) in [7, 11) is 0. The third-order valence-electron chi connectivity index (χ3n) is 2.94. The second-order valence-corrected chi connectivity index (χ2v) is 6.83. The smallest absolute Gasteiger partial charge is 0.237 e. The molecule has 0 radical (unpaired) electrons. The topological polar surface area (TPSA) is 41.1 Å². The van der Waals surface area contributed by atoms with Gasteiger partial charge in [0, 0.05) is 4.88 Å². The van der Waals surface area contributed by atoms with Gasteiger partial charge in [-0.25, -0.2) is 0 Å². The lowest BCUT2D eigenvalue weighted by Crippen LogP contribution is -2.43. The van der Waals surface area contributed by atoms with Gasteiger partial charge in [0.15, 0.2) is 0 Å². The summed E-state index contributed by atoms with van der Waals surface area (Å²) in [5.74, 6) is 0.136. The standard InChI is InChI=1S/C12H17BrN2OS/c13-11-6-5-9(17-11)8-15-12(16)10-4-2-1-3-7-14-10/h5-6,10,14H,1-4,7-8H2,(H,15,16). The number of carbonyl (C=O) groups is 1. The van der Waals surface area contributed by atoms with E-state index < -0.39 is 0 Å². The molecule has 1 aromatic rings. The zero-order valence-corrected chi connectivity index (χ0v) is 12.1. The number of halogens is 1. The Morgan fingerprint density at radius 2 is 2.35 bits per heavy atom. The highest BCUT2D eigenvalue weighted by Gasteiger charge is 2.18. The highest BCUT2D eigenvalue weighted by molar-refractivity contribution is 9.11. The number of hydrogen-bond acceptors (Lipinski definition) is 3. The van der Waals surface area contributed by atoms with E-state index in [4.69, 9.17) is 0 Å². The summed E-state index contributed by atoms with van der Waals surface area (Å²) in [6, 6.07) is 4.05. The van der Waals surface area contributed by atoms with Gasteiger partial charge in [-0.15, -0.1) is 11.3 Å². The summed E-state index contributed by atoms with van der Waals surface area (Å²) >= 11 is 5.08. The molecule has 2 N–H and O–H groups in total. The molecule has 2 heterocycles. The first-order chi connectivity index (χ1) is 8.25. The summed E-state index contributed by atoms with van der Waals surface area (Å²) in [6.07, 6.45) is 4.52. The van der Waals surface area contributed by atoms with Crippen LogP contribution in [0.1, 0.15) is 30.6 Å². The van der Waals surface area contributed by atoms with E-state index in [1.165, 1.54) is 17.7 Å². The molecular formula is C12H17BrN2OS. The molecule has 1 aliphatic heterocycles. The molecule has 1 saturated heterocycles. The zero-order chi connectivity index (χ0) is 12.1. The van der Waals surface area contributed by atoms with Crippen molar-refractivity contribution in [2.24, 2.45) is 0 Å². The van der Waals surface area contributed by atoms with Gasteiger partial charge in [0.2, 0.25) is 5.91 Å². The maximum Gasteiger partial charge on any atom is 0.237 e. The van der Waals surface area contributed by atoms with E-state index in [0.29, 0.717) is 6.54 Å². The molecule has 1 aliphatic rings. The van der Waals surface area contributed by atoms with Crippen LogP contribution < -0.4 is 10.6 Å². The van der Waals surface area contributed by atoms with Gasteiger partial charge in [0.1, 0.15) is 0 Å². The average Bonchev–Trinajstić information content (AvgIpc) is 2.58. The molecule has 0 saturated carbocycles. The van der Waals surface area contributed by atoms with Crippen LogP contribution in [-0.2, 0) is 11.3 Å². The summed E-state index contributed by atoms with van der Waals surface area (Å²) in [4.78, 5) is 13.1. The van der Waals surface area contributed by atoms with E-state index in [2.05, 4.69) is 26.6 Å². The minimum absolute atomic E-state index is 0.000836. The molecule has 94 valence electrons. The van der Waals surface area contributed by atoms with Crippen LogP contribution in [0.25, 0.3) is 0 Å². The number of carbonyl (C=O) groups excluding carboxylic acids is 1. The molecule has 1 fully saturated rings. The van der Waals surface area contributed by atoms with Gasteiger partial charge in [-0.1, -0.05) is 12.8 Å². The predicted molar refractivity (Wildman–Crippen MR) is 74.1 cm³/mol. The molecule has 0 aromatic carbocycles. The predicted octanol–water partition coefficient (Wildman–Crippen LogP) is 2.66. The van der Waals surface area contributed by atoms with E-state index in [-0.39, 0.29) is 11.9 Å². The van der Waals surface area contributed by atoms with Crippen molar-refractivity contribution < 1.29 is 4.79 Å². The highest BCUT2D eigenvalue weighted by Crippen LogP contribution is 2.21. The van der Waals surface area contributed by atoms with Crippen molar-refractivity contribution in [1.82, 2.24) is 10.6 Å². The average molecular weight is 317 g/mol. The van der Waals surface area contributed by atoms with Crippen LogP contribution in [0.2, 0.25) is 0 Å². The number of hydrogen-bond donors (Lipinski definition) is 2. The highest BCUT2D eigenvalue weighted by atomic mass is 79.9. The van der Waals surface area contributed by atoms with E-state index >= 15 is 0 Å². The van der Waals surface area contributed by atoms with Gasteiger partial charge in [-0.05, 0) is 47.4 Å². The maximum atomic E-state index is 12.0. The summed E-state index contributed by atoms with van der Waals surface area (Å²) < 4.78 is 1.11. The third-order valence-corrected chi connectivity index (χ3v) is 4.57. The number of thiophene rings is 1. The van der Waals surface area contributed by atoms with Gasteiger partial charge in [-0.2, -0.15) is 0 Å². The van der Waals surface area contributed by atoms with Crippen LogP contribution in [0, 0.1) is 0 Å². The third kappa shape index (κ3) is 4.08. The Morgan fingerprint density at radius 1 is 1.47 bits per heavy atom. The van der Waals surface area contributed by atoms with Crippen molar-refractivity contribution in [2.45, 2.75) is 38.3 Å². The Morgan fingerprint density at radius 3 is 3.12 bits per heavy atom. The van der Waals surface area contributed by atoms with Crippen molar-refractivity contribution in [2.75, 3.05) is 6.54 Å². The number of rotatable bonds is 3. The van der Waals surface area contributed by atoms with Gasteiger partial charge in [-0.3, -0.25) is 4.79 Å². The quantitative estimate of drug-likeness (QED) is 0.900. The van der Waals surface area contributed by atoms with E-state index in [0.717, 1.165) is 23.2 Å². The largest absolute Gasteiger partial charge is 0.350 e. The molecule has 0 spiro atoms. The molecule has 0 bridgehead atoms. The first kappa shape index (κ1) is 13.1. The molecule has 0 aliphatic carbocycles. The maximum absolute atomic E-state index is 12.0. The van der Waals surface area contributed by atoms with Gasteiger partial charge in [0.25, 0.3) is 0 Å². The molecule has 1 unspecified atom stereocenters. The van der Waals surface area contributed by atoms with Crippen molar-refractivity contribution in [3.05, 3.63) is 20.8 Å². The van der Waals surface area contributed by atoms with Crippen molar-refractivity contribution in [3.63, 3.8) is 0 Å². The molecule has 5 heteroatoms. The Labute approximate surface area is 114 Å². The SMILES string of the molecule is O=C(NCc1ccc(Br)s1)C1CCCCCN1. The van der Waals surface area contributed by atoms with Crippen molar-refractivity contribution in [3.8, 4) is 0 Å². The second kappa shape index (κ2) is 6.52. The number of nitrogens with one attached hydrogen (secondary N) is 2. The fourth-order valence-corrected chi connectivity index (χ4v) is 3.42. The van der Waals surface area contributed by atoms with Crippen LogP contribution in [0.5, 0.6) is 0 Å². The van der Waals surface area contributed by atoms with E-state index in [9.17, 15) is 4.79 Å². The van der Waals surface area contributed by atoms with Crippen LogP contribution in [0.3, 0.4) is 0 Å². The van der Waals surface area contributed by atoms with Gasteiger partial charge >= 0.3 is 0 Å². The van der Waals surface area contributed by atoms with Crippen LogP contribution >= 0.6 is 27.3 Å². The van der Waals surface area contributed by atoms with E-state index in [1.54, 1.807) is 11.3 Å². The molecule has 2 rings (SSSR count). The molecule has 1 aromatic heterocycles. The fraction of sp³-hybridized carbons (Fsp3) is 0.583. The minimum atomic E-state index is 0.000836. The first-order valence-corrected chi connectivity index (χ1v) is 7.62. The van der Waals surface area contributed by atoms with Crippen LogP contribution in [0.4, 0.5) is 0 Å². The van der Waals surface area contributed by atoms with Crippen molar-refractivity contribution >= 4 is 33.2 Å². The molecule has 1 atom stereocenters.